The van der Waals surface area contributed by atoms with Gasteiger partial charge < -0.3 is 0 Å². The largest absolute Gasteiger partial charge is 0.242 e. The molecule has 0 nitrogen and oxygen atoms in total. The molecule has 2 atom stereocenters. The van der Waals surface area contributed by atoms with Crippen LogP contribution in [0, 0.1) is 17.8 Å². The number of halogens is 2. The Balaban J connectivity index is 2.63. The van der Waals surface area contributed by atoms with E-state index >= 15 is 0 Å². The second-order valence-electron chi connectivity index (χ2n) is 4.38. The fraction of sp³-hybridized carbons (Fsp3) is 0.412. The minimum atomic E-state index is -1.27. The van der Waals surface area contributed by atoms with E-state index in [1.54, 1.807) is 0 Å². The molecule has 2 unspecified atom stereocenters. The van der Waals surface area contributed by atoms with Crippen molar-refractivity contribution in [3.63, 3.8) is 0 Å². The number of rotatable bonds is 4. The number of allylic oxidation sites excluding steroid dienone is 8. The normalized spacial score (nSPS) is 23.2. The van der Waals surface area contributed by atoms with E-state index in [4.69, 9.17) is 0 Å². The molecule has 0 amide bonds. The summed E-state index contributed by atoms with van der Waals surface area (Å²) < 4.78 is 26.9. The number of alkyl halides is 1. The highest BCUT2D eigenvalue weighted by atomic mass is 19.1. The lowest BCUT2D eigenvalue weighted by molar-refractivity contribution is 0.278. The topological polar surface area (TPSA) is 0 Å². The summed E-state index contributed by atoms with van der Waals surface area (Å²) in [6, 6.07) is 0. The highest BCUT2D eigenvalue weighted by molar-refractivity contribution is 5.32. The van der Waals surface area contributed by atoms with E-state index in [0.29, 0.717) is 0 Å². The molecule has 0 radical (unpaired) electrons. The van der Waals surface area contributed by atoms with Gasteiger partial charge in [-0.15, -0.1) is 0 Å². The van der Waals surface area contributed by atoms with E-state index in [1.165, 1.54) is 18.2 Å². The smallest absolute Gasteiger partial charge is 0.129 e. The van der Waals surface area contributed by atoms with Crippen molar-refractivity contribution >= 4 is 0 Å². The molecule has 0 aromatic rings. The predicted molar refractivity (Wildman–Crippen MR) is 76.9 cm³/mol. The van der Waals surface area contributed by atoms with Crippen molar-refractivity contribution in [3.8, 4) is 11.8 Å². The maximum atomic E-state index is 13.5. The fourth-order valence-electron chi connectivity index (χ4n) is 1.72. The van der Waals surface area contributed by atoms with E-state index in [2.05, 4.69) is 18.8 Å². The number of hydrogen-bond donors (Lipinski definition) is 0. The summed E-state index contributed by atoms with van der Waals surface area (Å²) in [7, 11) is 0. The highest BCUT2D eigenvalue weighted by Gasteiger charge is 2.24. The zero-order valence-electron chi connectivity index (χ0n) is 11.5. The SMILES string of the molecule is CC/C=C\C=C(/C#CCC1C(F)=CC=CC1F)CC. The quantitative estimate of drug-likeness (QED) is 0.490. The second kappa shape index (κ2) is 8.48. The van der Waals surface area contributed by atoms with Crippen LogP contribution in [0.3, 0.4) is 0 Å². The Kier molecular flexibility index (Phi) is 6.89. The first-order chi connectivity index (χ1) is 9.19. The minimum absolute atomic E-state index is 0.211. The first kappa shape index (κ1) is 15.4. The van der Waals surface area contributed by atoms with Gasteiger partial charge >= 0.3 is 0 Å². The van der Waals surface area contributed by atoms with Crippen LogP contribution in [0.25, 0.3) is 0 Å². The first-order valence-corrected chi connectivity index (χ1v) is 6.71. The number of hydrogen-bond acceptors (Lipinski definition) is 0. The molecule has 1 aliphatic rings. The van der Waals surface area contributed by atoms with E-state index in [-0.39, 0.29) is 6.42 Å². The van der Waals surface area contributed by atoms with Gasteiger partial charge in [0.25, 0.3) is 0 Å². The monoisotopic (exact) mass is 262 g/mol. The average Bonchev–Trinajstić information content (AvgIpc) is 2.40. The molecule has 102 valence electrons. The molecule has 0 spiro atoms. The van der Waals surface area contributed by atoms with Crippen molar-refractivity contribution in [2.24, 2.45) is 5.92 Å². The van der Waals surface area contributed by atoms with Crippen molar-refractivity contribution in [1.29, 1.82) is 0 Å². The molecule has 0 heterocycles. The summed E-state index contributed by atoms with van der Waals surface area (Å²) in [6.45, 7) is 4.08. The zero-order valence-corrected chi connectivity index (χ0v) is 11.5. The molecule has 0 aromatic carbocycles. The third kappa shape index (κ3) is 5.26. The molecule has 1 rings (SSSR count). The van der Waals surface area contributed by atoms with Crippen LogP contribution in [0.2, 0.25) is 0 Å². The van der Waals surface area contributed by atoms with Crippen molar-refractivity contribution in [2.45, 2.75) is 39.3 Å². The standard InChI is InChI=1S/C17H20F2/c1-3-5-6-9-14(4-2)10-7-11-15-16(18)12-8-13-17(15)19/h5-6,8-9,12-13,15-16H,3-4,11H2,1-2H3/b6-5-,14-9-. The van der Waals surface area contributed by atoms with Crippen LogP contribution in [0.5, 0.6) is 0 Å². The summed E-state index contributed by atoms with van der Waals surface area (Å²) >= 11 is 0. The van der Waals surface area contributed by atoms with Crippen molar-refractivity contribution in [1.82, 2.24) is 0 Å². The molecule has 0 aromatic heterocycles. The molecular formula is C17H20F2. The van der Waals surface area contributed by atoms with Gasteiger partial charge in [0, 0.05) is 12.0 Å². The molecular weight excluding hydrogens is 242 g/mol. The summed E-state index contributed by atoms with van der Waals surface area (Å²) in [6.07, 6.45) is 10.8. The fourth-order valence-corrected chi connectivity index (χ4v) is 1.72. The summed E-state index contributed by atoms with van der Waals surface area (Å²) in [4.78, 5) is 0. The van der Waals surface area contributed by atoms with Gasteiger partial charge in [0.2, 0.25) is 0 Å². The third-order valence-corrected chi connectivity index (χ3v) is 2.91. The van der Waals surface area contributed by atoms with Crippen molar-refractivity contribution in [2.75, 3.05) is 0 Å². The Morgan fingerprint density at radius 2 is 2.21 bits per heavy atom. The van der Waals surface area contributed by atoms with Gasteiger partial charge in [-0.05, 0) is 25.0 Å². The van der Waals surface area contributed by atoms with E-state index in [0.717, 1.165) is 18.4 Å². The van der Waals surface area contributed by atoms with Gasteiger partial charge in [0.05, 0.1) is 5.92 Å². The van der Waals surface area contributed by atoms with E-state index < -0.39 is 17.9 Å². The maximum Gasteiger partial charge on any atom is 0.129 e. The second-order valence-corrected chi connectivity index (χ2v) is 4.38. The summed E-state index contributed by atoms with van der Waals surface area (Å²) in [5, 5.41) is 0. The van der Waals surface area contributed by atoms with Gasteiger partial charge in [0.1, 0.15) is 12.0 Å². The molecule has 0 bridgehead atoms. The van der Waals surface area contributed by atoms with E-state index in [9.17, 15) is 8.78 Å². The van der Waals surface area contributed by atoms with Crippen LogP contribution in [-0.2, 0) is 0 Å². The zero-order chi connectivity index (χ0) is 14.1. The van der Waals surface area contributed by atoms with Crippen molar-refractivity contribution < 1.29 is 8.78 Å². The lowest BCUT2D eigenvalue weighted by Crippen LogP contribution is -2.16. The molecule has 19 heavy (non-hydrogen) atoms. The van der Waals surface area contributed by atoms with Gasteiger partial charge in [0.15, 0.2) is 0 Å². The molecule has 0 saturated heterocycles. The van der Waals surface area contributed by atoms with Crippen LogP contribution >= 0.6 is 0 Å². The average molecular weight is 262 g/mol. The third-order valence-electron chi connectivity index (χ3n) is 2.91. The molecule has 0 saturated carbocycles. The van der Waals surface area contributed by atoms with Gasteiger partial charge in [-0.2, -0.15) is 0 Å². The van der Waals surface area contributed by atoms with Crippen LogP contribution in [0.4, 0.5) is 8.78 Å². The Labute approximate surface area is 114 Å². The van der Waals surface area contributed by atoms with Gasteiger partial charge in [-0.1, -0.05) is 50.0 Å². The molecule has 0 fully saturated rings. The molecule has 2 heteroatoms. The summed E-state index contributed by atoms with van der Waals surface area (Å²) in [5.41, 5.74) is 0.982. The van der Waals surface area contributed by atoms with Gasteiger partial charge in [-0.3, -0.25) is 0 Å². The Morgan fingerprint density at radius 3 is 2.84 bits per heavy atom. The van der Waals surface area contributed by atoms with E-state index in [1.807, 2.05) is 25.2 Å². The minimum Gasteiger partial charge on any atom is -0.242 e. The summed E-state index contributed by atoms with van der Waals surface area (Å²) in [5.74, 6) is 4.71. The maximum absolute atomic E-state index is 13.5. The van der Waals surface area contributed by atoms with Crippen LogP contribution < -0.4 is 0 Å². The first-order valence-electron chi connectivity index (χ1n) is 6.71. The molecule has 0 aliphatic heterocycles. The lowest BCUT2D eigenvalue weighted by atomic mass is 9.94. The van der Waals surface area contributed by atoms with Gasteiger partial charge in [-0.25, -0.2) is 8.78 Å². The predicted octanol–water partition coefficient (Wildman–Crippen LogP) is 5.06. The molecule has 1 aliphatic carbocycles. The molecule has 0 N–H and O–H groups in total. The highest BCUT2D eigenvalue weighted by Crippen LogP contribution is 2.27. The Hall–Kier alpha value is -1.62. The van der Waals surface area contributed by atoms with Crippen LogP contribution in [-0.4, -0.2) is 6.17 Å². The lowest BCUT2D eigenvalue weighted by Gasteiger charge is -2.16. The van der Waals surface area contributed by atoms with Crippen LogP contribution in [0.1, 0.15) is 33.1 Å². The van der Waals surface area contributed by atoms with Crippen molar-refractivity contribution in [3.05, 3.63) is 47.9 Å². The Morgan fingerprint density at radius 1 is 1.42 bits per heavy atom. The van der Waals surface area contributed by atoms with Crippen LogP contribution in [0.15, 0.2) is 47.9 Å². The Bertz CT molecular complexity index is 455.